The Morgan fingerprint density at radius 3 is 2.96 bits per heavy atom. The van der Waals surface area contributed by atoms with Gasteiger partial charge in [0.15, 0.2) is 5.69 Å². The number of aryl methyl sites for hydroxylation is 1. The molecule has 6 nitrogen and oxygen atoms in total. The Balaban J connectivity index is 1.48. The number of hydrogen-bond donors (Lipinski definition) is 1. The lowest BCUT2D eigenvalue weighted by atomic mass is 9.90. The van der Waals surface area contributed by atoms with Gasteiger partial charge in [-0.05, 0) is 43.4 Å². The van der Waals surface area contributed by atoms with E-state index in [9.17, 15) is 4.79 Å². The topological polar surface area (TPSA) is 75.0 Å². The van der Waals surface area contributed by atoms with Gasteiger partial charge in [-0.25, -0.2) is 0 Å². The predicted octanol–water partition coefficient (Wildman–Crippen LogP) is 2.88. The molecule has 4 rings (SSSR count). The molecular formula is C17H18N4O2. The van der Waals surface area contributed by atoms with Crippen LogP contribution >= 0.6 is 0 Å². The summed E-state index contributed by atoms with van der Waals surface area (Å²) in [6, 6.07) is 5.67. The molecule has 23 heavy (non-hydrogen) atoms. The zero-order valence-electron chi connectivity index (χ0n) is 13.0. The molecule has 3 aromatic rings. The molecule has 0 aliphatic carbocycles. The SMILES string of the molecule is Cc1cc(C(=O)N2CCC(c3c[nH]c4cccnc34)CC2)no1. The van der Waals surface area contributed by atoms with Crippen molar-refractivity contribution in [3.8, 4) is 0 Å². The van der Waals surface area contributed by atoms with Crippen LogP contribution in [0.25, 0.3) is 11.0 Å². The van der Waals surface area contributed by atoms with Crippen molar-refractivity contribution in [2.45, 2.75) is 25.7 Å². The molecule has 0 saturated carbocycles. The van der Waals surface area contributed by atoms with Crippen molar-refractivity contribution in [2.24, 2.45) is 0 Å². The molecule has 118 valence electrons. The molecular weight excluding hydrogens is 292 g/mol. The van der Waals surface area contributed by atoms with Crippen molar-refractivity contribution in [3.63, 3.8) is 0 Å². The summed E-state index contributed by atoms with van der Waals surface area (Å²) in [6.07, 6.45) is 5.75. The molecule has 1 fully saturated rings. The summed E-state index contributed by atoms with van der Waals surface area (Å²) in [7, 11) is 0. The quantitative estimate of drug-likeness (QED) is 0.789. The summed E-state index contributed by atoms with van der Waals surface area (Å²) in [5.74, 6) is 1.05. The second-order valence-corrected chi connectivity index (χ2v) is 6.03. The molecule has 1 saturated heterocycles. The summed E-state index contributed by atoms with van der Waals surface area (Å²) in [5, 5.41) is 3.82. The molecule has 0 aromatic carbocycles. The highest BCUT2D eigenvalue weighted by atomic mass is 16.5. The van der Waals surface area contributed by atoms with Crippen molar-refractivity contribution in [1.82, 2.24) is 20.0 Å². The maximum atomic E-state index is 12.4. The molecule has 0 spiro atoms. The number of aromatic amines is 1. The molecule has 1 aliphatic rings. The highest BCUT2D eigenvalue weighted by molar-refractivity contribution is 5.92. The van der Waals surface area contributed by atoms with E-state index in [2.05, 4.69) is 21.3 Å². The van der Waals surface area contributed by atoms with Crippen LogP contribution in [0.2, 0.25) is 0 Å². The third kappa shape index (κ3) is 2.50. The first-order valence-electron chi connectivity index (χ1n) is 7.87. The average molecular weight is 310 g/mol. The van der Waals surface area contributed by atoms with Gasteiger partial charge >= 0.3 is 0 Å². The lowest BCUT2D eigenvalue weighted by Gasteiger charge is -2.31. The zero-order chi connectivity index (χ0) is 15.8. The lowest BCUT2D eigenvalue weighted by molar-refractivity contribution is 0.0703. The number of piperidine rings is 1. The lowest BCUT2D eigenvalue weighted by Crippen LogP contribution is -2.38. The van der Waals surface area contributed by atoms with Gasteiger partial charge in [-0.2, -0.15) is 0 Å². The number of carbonyl (C=O) groups is 1. The van der Waals surface area contributed by atoms with Crippen molar-refractivity contribution >= 4 is 16.9 Å². The number of nitrogens with zero attached hydrogens (tertiary/aromatic N) is 3. The molecule has 1 amide bonds. The summed E-state index contributed by atoms with van der Waals surface area (Å²) < 4.78 is 4.99. The number of pyridine rings is 1. The van der Waals surface area contributed by atoms with Gasteiger partial charge in [0.2, 0.25) is 0 Å². The van der Waals surface area contributed by atoms with E-state index in [1.165, 1.54) is 5.56 Å². The van der Waals surface area contributed by atoms with E-state index in [4.69, 9.17) is 4.52 Å². The van der Waals surface area contributed by atoms with Gasteiger partial charge in [0.25, 0.3) is 5.91 Å². The Morgan fingerprint density at radius 1 is 1.39 bits per heavy atom. The highest BCUT2D eigenvalue weighted by Gasteiger charge is 2.27. The van der Waals surface area contributed by atoms with Crippen LogP contribution in [0, 0.1) is 6.92 Å². The van der Waals surface area contributed by atoms with Crippen LogP contribution in [-0.4, -0.2) is 39.0 Å². The van der Waals surface area contributed by atoms with Crippen LogP contribution in [0.15, 0.2) is 35.1 Å². The maximum Gasteiger partial charge on any atom is 0.276 e. The number of amides is 1. The van der Waals surface area contributed by atoms with Crippen LogP contribution in [0.1, 0.15) is 40.6 Å². The molecule has 1 N–H and O–H groups in total. The number of likely N-dealkylation sites (tertiary alicyclic amines) is 1. The summed E-state index contributed by atoms with van der Waals surface area (Å²) in [4.78, 5) is 22.0. The smallest absolute Gasteiger partial charge is 0.276 e. The van der Waals surface area contributed by atoms with E-state index in [1.807, 2.05) is 23.2 Å². The average Bonchev–Trinajstić information content (AvgIpc) is 3.21. The Hall–Kier alpha value is -2.63. The molecule has 0 bridgehead atoms. The molecule has 4 heterocycles. The van der Waals surface area contributed by atoms with E-state index in [0.717, 1.165) is 37.0 Å². The first kappa shape index (κ1) is 14.0. The minimum atomic E-state index is -0.0441. The van der Waals surface area contributed by atoms with Crippen molar-refractivity contribution in [3.05, 3.63) is 47.6 Å². The fourth-order valence-corrected chi connectivity index (χ4v) is 3.31. The van der Waals surface area contributed by atoms with Gasteiger partial charge in [0.1, 0.15) is 5.76 Å². The normalized spacial score (nSPS) is 16.1. The zero-order valence-corrected chi connectivity index (χ0v) is 13.0. The monoisotopic (exact) mass is 310 g/mol. The van der Waals surface area contributed by atoms with Gasteiger partial charge in [0.05, 0.1) is 11.0 Å². The van der Waals surface area contributed by atoms with Crippen LogP contribution in [0.5, 0.6) is 0 Å². The molecule has 0 radical (unpaired) electrons. The fraction of sp³-hybridized carbons (Fsp3) is 0.353. The van der Waals surface area contributed by atoms with Gasteiger partial charge < -0.3 is 14.4 Å². The number of aromatic nitrogens is 3. The minimum Gasteiger partial charge on any atom is -0.361 e. The third-order valence-corrected chi connectivity index (χ3v) is 4.53. The van der Waals surface area contributed by atoms with Crippen molar-refractivity contribution in [1.29, 1.82) is 0 Å². The third-order valence-electron chi connectivity index (χ3n) is 4.53. The van der Waals surface area contributed by atoms with Gasteiger partial charge in [-0.3, -0.25) is 9.78 Å². The van der Waals surface area contributed by atoms with E-state index < -0.39 is 0 Å². The molecule has 6 heteroatoms. The minimum absolute atomic E-state index is 0.0441. The number of H-pyrrole nitrogens is 1. The van der Waals surface area contributed by atoms with Crippen LogP contribution in [0.3, 0.4) is 0 Å². The summed E-state index contributed by atoms with van der Waals surface area (Å²) in [5.41, 5.74) is 3.77. The standard InChI is InChI=1S/C17H18N4O2/c1-11-9-15(20-23-11)17(22)21-7-4-12(5-8-21)13-10-19-14-3-2-6-18-16(13)14/h2-3,6,9-10,12,19H,4-5,7-8H2,1H3. The second kappa shape index (κ2) is 5.53. The predicted molar refractivity (Wildman–Crippen MR) is 85.2 cm³/mol. The second-order valence-electron chi connectivity index (χ2n) is 6.03. The summed E-state index contributed by atoms with van der Waals surface area (Å²) in [6.45, 7) is 3.25. The van der Waals surface area contributed by atoms with Crippen LogP contribution < -0.4 is 0 Å². The number of fused-ring (bicyclic) bond motifs is 1. The number of carbonyl (C=O) groups excluding carboxylic acids is 1. The summed E-state index contributed by atoms with van der Waals surface area (Å²) >= 11 is 0. The van der Waals surface area contributed by atoms with Gasteiger partial charge in [0, 0.05) is 31.5 Å². The van der Waals surface area contributed by atoms with Gasteiger partial charge in [-0.15, -0.1) is 0 Å². The van der Waals surface area contributed by atoms with E-state index >= 15 is 0 Å². The number of hydrogen-bond acceptors (Lipinski definition) is 4. The van der Waals surface area contributed by atoms with Crippen molar-refractivity contribution < 1.29 is 9.32 Å². The molecule has 0 atom stereocenters. The van der Waals surface area contributed by atoms with Crippen LogP contribution in [-0.2, 0) is 0 Å². The van der Waals surface area contributed by atoms with E-state index in [0.29, 0.717) is 17.4 Å². The number of nitrogens with one attached hydrogen (secondary N) is 1. The molecule has 3 aromatic heterocycles. The maximum absolute atomic E-state index is 12.4. The van der Waals surface area contributed by atoms with E-state index in [1.54, 1.807) is 13.0 Å². The number of rotatable bonds is 2. The van der Waals surface area contributed by atoms with Crippen LogP contribution in [0.4, 0.5) is 0 Å². The van der Waals surface area contributed by atoms with Gasteiger partial charge in [-0.1, -0.05) is 5.16 Å². The first-order valence-corrected chi connectivity index (χ1v) is 7.87. The fourth-order valence-electron chi connectivity index (χ4n) is 3.31. The Morgan fingerprint density at radius 2 is 2.22 bits per heavy atom. The van der Waals surface area contributed by atoms with E-state index in [-0.39, 0.29) is 5.91 Å². The highest BCUT2D eigenvalue weighted by Crippen LogP contribution is 2.32. The Kier molecular flexibility index (Phi) is 3.37. The Bertz CT molecular complexity index is 843. The van der Waals surface area contributed by atoms with Crippen molar-refractivity contribution in [2.75, 3.05) is 13.1 Å². The first-order chi connectivity index (χ1) is 11.2. The molecule has 0 unspecified atom stereocenters. The molecule has 1 aliphatic heterocycles. The Labute approximate surface area is 133 Å². The largest absolute Gasteiger partial charge is 0.361 e.